The van der Waals surface area contributed by atoms with E-state index in [1.807, 2.05) is 13.0 Å². The average Bonchev–Trinajstić information content (AvgIpc) is 2.87. The van der Waals surface area contributed by atoms with Crippen molar-refractivity contribution in [2.75, 3.05) is 13.1 Å². The van der Waals surface area contributed by atoms with Crippen LogP contribution >= 0.6 is 0 Å². The summed E-state index contributed by atoms with van der Waals surface area (Å²) in [5.41, 5.74) is 0. The molecule has 0 radical (unpaired) electrons. The first-order valence-electron chi connectivity index (χ1n) is 7.06. The van der Waals surface area contributed by atoms with Crippen molar-refractivity contribution >= 4 is 11.9 Å². The summed E-state index contributed by atoms with van der Waals surface area (Å²) in [5.74, 6) is 0.636. The van der Waals surface area contributed by atoms with E-state index in [4.69, 9.17) is 4.42 Å². The highest BCUT2D eigenvalue weighted by atomic mass is 16.3. The maximum atomic E-state index is 12.2. The first-order valence-corrected chi connectivity index (χ1v) is 7.06. The molecular formula is C14H21N3O3. The molecule has 1 aliphatic heterocycles. The van der Waals surface area contributed by atoms with Crippen LogP contribution in [0.4, 0.5) is 4.79 Å². The topological polar surface area (TPSA) is 74.6 Å². The summed E-state index contributed by atoms with van der Waals surface area (Å²) < 4.78 is 5.25. The van der Waals surface area contributed by atoms with Crippen molar-refractivity contribution in [3.8, 4) is 0 Å². The van der Waals surface area contributed by atoms with Crippen LogP contribution in [0.15, 0.2) is 22.8 Å². The van der Waals surface area contributed by atoms with E-state index in [0.717, 1.165) is 18.6 Å². The van der Waals surface area contributed by atoms with Crippen molar-refractivity contribution in [2.24, 2.45) is 0 Å². The molecule has 1 fully saturated rings. The summed E-state index contributed by atoms with van der Waals surface area (Å²) in [6, 6.07) is 2.95. The number of nitrogens with one attached hydrogen (secondary N) is 2. The van der Waals surface area contributed by atoms with Crippen molar-refractivity contribution in [3.63, 3.8) is 0 Å². The molecule has 0 spiro atoms. The summed E-state index contributed by atoms with van der Waals surface area (Å²) in [6.45, 7) is 3.55. The Hall–Kier alpha value is -1.98. The lowest BCUT2D eigenvalue weighted by molar-refractivity contribution is -0.122. The minimum absolute atomic E-state index is 0.0927. The van der Waals surface area contributed by atoms with Crippen LogP contribution < -0.4 is 10.6 Å². The molecule has 1 saturated heterocycles. The third kappa shape index (κ3) is 3.76. The molecule has 1 aromatic heterocycles. The Labute approximate surface area is 118 Å². The van der Waals surface area contributed by atoms with E-state index >= 15 is 0 Å². The van der Waals surface area contributed by atoms with Crippen LogP contribution in [-0.4, -0.2) is 36.0 Å². The molecule has 0 aromatic carbocycles. The fraction of sp³-hybridized carbons (Fsp3) is 0.571. The Kier molecular flexibility index (Phi) is 5.03. The van der Waals surface area contributed by atoms with Crippen LogP contribution in [0.25, 0.3) is 0 Å². The Morgan fingerprint density at radius 1 is 1.55 bits per heavy atom. The largest absolute Gasteiger partial charge is 0.467 e. The molecule has 0 aliphatic carbocycles. The van der Waals surface area contributed by atoms with Gasteiger partial charge in [0.2, 0.25) is 5.91 Å². The zero-order valence-electron chi connectivity index (χ0n) is 11.7. The van der Waals surface area contributed by atoms with Gasteiger partial charge in [0, 0.05) is 13.1 Å². The quantitative estimate of drug-likeness (QED) is 0.876. The molecular weight excluding hydrogens is 258 g/mol. The average molecular weight is 279 g/mol. The normalized spacial score (nSPS) is 19.1. The highest BCUT2D eigenvalue weighted by molar-refractivity contribution is 5.87. The molecule has 2 heterocycles. The summed E-state index contributed by atoms with van der Waals surface area (Å²) in [5, 5.41) is 5.62. The molecule has 110 valence electrons. The molecule has 1 atom stereocenters. The van der Waals surface area contributed by atoms with Gasteiger partial charge < -0.3 is 20.0 Å². The molecule has 1 aromatic rings. The Morgan fingerprint density at radius 2 is 2.40 bits per heavy atom. The predicted octanol–water partition coefficient (Wildman–Crippen LogP) is 1.48. The van der Waals surface area contributed by atoms with Gasteiger partial charge in [0.15, 0.2) is 0 Å². The lowest BCUT2D eigenvalue weighted by atomic mass is 10.1. The zero-order valence-corrected chi connectivity index (χ0v) is 11.7. The first kappa shape index (κ1) is 14.4. The molecule has 20 heavy (non-hydrogen) atoms. The van der Waals surface area contributed by atoms with Crippen LogP contribution in [0.3, 0.4) is 0 Å². The lowest BCUT2D eigenvalue weighted by Crippen LogP contribution is -2.50. The van der Waals surface area contributed by atoms with E-state index in [1.165, 1.54) is 0 Å². The molecule has 0 unspecified atom stereocenters. The number of furan rings is 1. The highest BCUT2D eigenvalue weighted by Crippen LogP contribution is 2.08. The fourth-order valence-electron chi connectivity index (χ4n) is 2.24. The van der Waals surface area contributed by atoms with Crippen LogP contribution in [0.5, 0.6) is 0 Å². The number of hydrogen-bond donors (Lipinski definition) is 2. The maximum Gasteiger partial charge on any atom is 0.318 e. The third-order valence-electron chi connectivity index (χ3n) is 3.43. The highest BCUT2D eigenvalue weighted by Gasteiger charge is 2.24. The molecule has 1 aliphatic rings. The van der Waals surface area contributed by atoms with Crippen molar-refractivity contribution in [1.29, 1.82) is 0 Å². The maximum absolute atomic E-state index is 12.2. The first-order chi connectivity index (χ1) is 9.70. The Balaban J connectivity index is 1.92. The van der Waals surface area contributed by atoms with Gasteiger partial charge in [-0.05, 0) is 38.3 Å². The minimum atomic E-state index is -0.435. The Morgan fingerprint density at radius 3 is 3.10 bits per heavy atom. The smallest absolute Gasteiger partial charge is 0.318 e. The van der Waals surface area contributed by atoms with Crippen molar-refractivity contribution in [2.45, 2.75) is 38.8 Å². The molecule has 2 N–H and O–H groups in total. The van der Waals surface area contributed by atoms with Crippen molar-refractivity contribution < 1.29 is 14.0 Å². The number of nitrogens with zero attached hydrogens (tertiary/aromatic N) is 1. The van der Waals surface area contributed by atoms with Gasteiger partial charge in [-0.15, -0.1) is 0 Å². The molecule has 6 heteroatoms. The van der Waals surface area contributed by atoms with E-state index in [1.54, 1.807) is 17.2 Å². The molecule has 0 bridgehead atoms. The van der Waals surface area contributed by atoms with Crippen molar-refractivity contribution in [1.82, 2.24) is 15.5 Å². The van der Waals surface area contributed by atoms with Crippen molar-refractivity contribution in [3.05, 3.63) is 24.2 Å². The summed E-state index contributed by atoms with van der Waals surface area (Å²) in [4.78, 5) is 25.7. The zero-order chi connectivity index (χ0) is 14.4. The van der Waals surface area contributed by atoms with Crippen LogP contribution in [-0.2, 0) is 11.3 Å². The Bertz CT molecular complexity index is 445. The van der Waals surface area contributed by atoms with Gasteiger partial charge >= 0.3 is 6.03 Å². The number of amides is 3. The molecule has 2 rings (SSSR count). The van der Waals surface area contributed by atoms with Crippen LogP contribution in [0, 0.1) is 0 Å². The van der Waals surface area contributed by atoms with Gasteiger partial charge in [0.25, 0.3) is 0 Å². The van der Waals surface area contributed by atoms with Gasteiger partial charge in [-0.25, -0.2) is 4.79 Å². The molecule has 6 nitrogen and oxygen atoms in total. The minimum Gasteiger partial charge on any atom is -0.467 e. The van der Waals surface area contributed by atoms with Gasteiger partial charge in [-0.2, -0.15) is 0 Å². The SMILES string of the molecule is CCN(Cc1ccco1)C(=O)N[C@@H]1CCCCNC1=O. The number of carbonyl (C=O) groups excluding carboxylic acids is 2. The van der Waals surface area contributed by atoms with E-state index in [2.05, 4.69) is 10.6 Å². The van der Waals surface area contributed by atoms with E-state index in [-0.39, 0.29) is 11.9 Å². The molecule has 3 amide bonds. The second kappa shape index (κ2) is 6.98. The standard InChI is InChI=1S/C14H21N3O3/c1-2-17(10-11-6-5-9-20-11)14(19)16-12-7-3-4-8-15-13(12)18/h5-6,9,12H,2-4,7-8,10H2,1H3,(H,15,18)(H,16,19)/t12-/m1/s1. The second-order valence-electron chi connectivity index (χ2n) is 4.88. The van der Waals surface area contributed by atoms with E-state index in [9.17, 15) is 9.59 Å². The number of hydrogen-bond acceptors (Lipinski definition) is 3. The van der Waals surface area contributed by atoms with Gasteiger partial charge in [0.1, 0.15) is 11.8 Å². The van der Waals surface area contributed by atoms with E-state index in [0.29, 0.717) is 26.1 Å². The predicted molar refractivity (Wildman–Crippen MR) is 74.0 cm³/mol. The monoisotopic (exact) mass is 279 g/mol. The third-order valence-corrected chi connectivity index (χ3v) is 3.43. The molecule has 0 saturated carbocycles. The van der Waals surface area contributed by atoms with Gasteiger partial charge in [0.05, 0.1) is 12.8 Å². The van der Waals surface area contributed by atoms with Crippen LogP contribution in [0.1, 0.15) is 31.9 Å². The second-order valence-corrected chi connectivity index (χ2v) is 4.88. The van der Waals surface area contributed by atoms with Crippen LogP contribution in [0.2, 0.25) is 0 Å². The fourth-order valence-corrected chi connectivity index (χ4v) is 2.24. The lowest BCUT2D eigenvalue weighted by Gasteiger charge is -2.23. The summed E-state index contributed by atoms with van der Waals surface area (Å²) in [7, 11) is 0. The number of rotatable bonds is 4. The van der Waals surface area contributed by atoms with Gasteiger partial charge in [-0.3, -0.25) is 4.79 Å². The summed E-state index contributed by atoms with van der Waals surface area (Å²) >= 11 is 0. The number of carbonyl (C=O) groups is 2. The van der Waals surface area contributed by atoms with E-state index < -0.39 is 6.04 Å². The number of urea groups is 1. The summed E-state index contributed by atoms with van der Waals surface area (Å²) in [6.07, 6.45) is 4.17. The van der Waals surface area contributed by atoms with Gasteiger partial charge in [-0.1, -0.05) is 0 Å².